The minimum absolute atomic E-state index is 0.329. The van der Waals surface area contributed by atoms with Crippen LogP contribution in [0.5, 0.6) is 0 Å². The van der Waals surface area contributed by atoms with Crippen molar-refractivity contribution in [3.8, 4) is 0 Å². The molecular formula is C15H27N3O. The molecule has 0 aromatic heterocycles. The molecule has 1 amide bonds. The molecule has 4 nitrogen and oxygen atoms in total. The van der Waals surface area contributed by atoms with Gasteiger partial charge in [-0.05, 0) is 57.7 Å². The van der Waals surface area contributed by atoms with Gasteiger partial charge in [0.25, 0.3) is 0 Å². The Morgan fingerprint density at radius 1 is 1.16 bits per heavy atom. The Morgan fingerprint density at radius 2 is 1.84 bits per heavy atom. The van der Waals surface area contributed by atoms with E-state index in [9.17, 15) is 4.79 Å². The van der Waals surface area contributed by atoms with Gasteiger partial charge in [0.05, 0.1) is 12.7 Å². The molecule has 1 saturated carbocycles. The molecule has 0 bridgehead atoms. The molecule has 0 aromatic rings. The summed E-state index contributed by atoms with van der Waals surface area (Å²) >= 11 is 0. The summed E-state index contributed by atoms with van der Waals surface area (Å²) < 4.78 is 0. The van der Waals surface area contributed by atoms with Crippen LogP contribution in [0.2, 0.25) is 0 Å². The monoisotopic (exact) mass is 265 g/mol. The first-order valence-corrected chi connectivity index (χ1v) is 7.95. The molecule has 0 radical (unpaired) electrons. The fourth-order valence-electron chi connectivity index (χ4n) is 3.99. The molecule has 0 spiro atoms. The van der Waals surface area contributed by atoms with Crippen LogP contribution in [-0.2, 0) is 4.79 Å². The van der Waals surface area contributed by atoms with Gasteiger partial charge in [-0.1, -0.05) is 12.8 Å². The van der Waals surface area contributed by atoms with E-state index in [1.165, 1.54) is 51.6 Å². The minimum Gasteiger partial charge on any atom is -0.325 e. The van der Waals surface area contributed by atoms with Gasteiger partial charge in [-0.15, -0.1) is 0 Å². The van der Waals surface area contributed by atoms with Crippen molar-refractivity contribution in [2.75, 3.05) is 33.2 Å². The number of likely N-dealkylation sites (tertiary alicyclic amines) is 1. The van der Waals surface area contributed by atoms with Crippen molar-refractivity contribution < 1.29 is 4.79 Å². The largest absolute Gasteiger partial charge is 0.325 e. The lowest BCUT2D eigenvalue weighted by Crippen LogP contribution is -2.46. The number of carbonyl (C=O) groups excluding carboxylic acids is 1. The van der Waals surface area contributed by atoms with Crippen LogP contribution in [-0.4, -0.2) is 55.1 Å². The SMILES string of the molecule is CN1CCC(CN2C(=O)CNC2C2CCCC2)CC1. The van der Waals surface area contributed by atoms with E-state index in [1.54, 1.807) is 0 Å². The second-order valence-corrected chi connectivity index (χ2v) is 6.66. The average molecular weight is 265 g/mol. The van der Waals surface area contributed by atoms with E-state index in [2.05, 4.69) is 22.2 Å². The van der Waals surface area contributed by atoms with Crippen molar-refractivity contribution in [2.45, 2.75) is 44.7 Å². The molecule has 3 fully saturated rings. The summed E-state index contributed by atoms with van der Waals surface area (Å²) in [6.07, 6.45) is 8.13. The molecule has 2 saturated heterocycles. The summed E-state index contributed by atoms with van der Waals surface area (Å²) in [6.45, 7) is 3.93. The lowest BCUT2D eigenvalue weighted by Gasteiger charge is -2.35. The Kier molecular flexibility index (Phi) is 4.08. The molecule has 0 aromatic carbocycles. The van der Waals surface area contributed by atoms with Crippen LogP contribution in [0, 0.1) is 11.8 Å². The molecule has 3 rings (SSSR count). The summed E-state index contributed by atoms with van der Waals surface area (Å²) in [5.41, 5.74) is 0. The van der Waals surface area contributed by atoms with E-state index in [0.29, 0.717) is 30.5 Å². The van der Waals surface area contributed by atoms with Crippen LogP contribution in [0.1, 0.15) is 38.5 Å². The molecule has 2 aliphatic heterocycles. The minimum atomic E-state index is 0.329. The van der Waals surface area contributed by atoms with E-state index in [4.69, 9.17) is 0 Å². The highest BCUT2D eigenvalue weighted by Gasteiger charge is 2.38. The fraction of sp³-hybridized carbons (Fsp3) is 0.933. The topological polar surface area (TPSA) is 35.6 Å². The third-order valence-corrected chi connectivity index (χ3v) is 5.26. The maximum Gasteiger partial charge on any atom is 0.237 e. The maximum absolute atomic E-state index is 12.1. The number of amides is 1. The zero-order valence-electron chi connectivity index (χ0n) is 12.1. The Hall–Kier alpha value is -0.610. The van der Waals surface area contributed by atoms with Crippen LogP contribution in [0.3, 0.4) is 0 Å². The van der Waals surface area contributed by atoms with Crippen molar-refractivity contribution in [2.24, 2.45) is 11.8 Å². The van der Waals surface area contributed by atoms with Gasteiger partial charge in [0.2, 0.25) is 5.91 Å². The Bertz CT molecular complexity index is 319. The van der Waals surface area contributed by atoms with Crippen molar-refractivity contribution in [3.05, 3.63) is 0 Å². The second kappa shape index (κ2) is 5.80. The molecule has 19 heavy (non-hydrogen) atoms. The smallest absolute Gasteiger partial charge is 0.237 e. The fourth-order valence-corrected chi connectivity index (χ4v) is 3.99. The van der Waals surface area contributed by atoms with Crippen molar-refractivity contribution in [1.82, 2.24) is 15.1 Å². The average Bonchev–Trinajstić information content (AvgIpc) is 3.03. The Balaban J connectivity index is 1.58. The quantitative estimate of drug-likeness (QED) is 0.835. The zero-order chi connectivity index (χ0) is 13.2. The van der Waals surface area contributed by atoms with Crippen LogP contribution in [0.15, 0.2) is 0 Å². The number of carbonyl (C=O) groups is 1. The number of piperidine rings is 1. The van der Waals surface area contributed by atoms with Gasteiger partial charge in [-0.3, -0.25) is 10.1 Å². The third kappa shape index (κ3) is 2.95. The number of nitrogens with zero attached hydrogens (tertiary/aromatic N) is 2. The van der Waals surface area contributed by atoms with Crippen molar-refractivity contribution in [3.63, 3.8) is 0 Å². The summed E-state index contributed by atoms with van der Waals surface area (Å²) in [6, 6.07) is 0. The molecule has 108 valence electrons. The zero-order valence-corrected chi connectivity index (χ0v) is 12.1. The standard InChI is InChI=1S/C15H27N3O/c1-17-8-6-12(7-9-17)11-18-14(19)10-16-15(18)13-4-2-3-5-13/h12-13,15-16H,2-11H2,1H3. The molecular weight excluding hydrogens is 238 g/mol. The first kappa shape index (κ1) is 13.4. The van der Waals surface area contributed by atoms with Crippen LogP contribution in [0.25, 0.3) is 0 Å². The van der Waals surface area contributed by atoms with E-state index in [-0.39, 0.29) is 0 Å². The normalized spacial score (nSPS) is 31.5. The first-order valence-electron chi connectivity index (χ1n) is 7.95. The van der Waals surface area contributed by atoms with Gasteiger partial charge >= 0.3 is 0 Å². The summed E-state index contributed by atoms with van der Waals surface area (Å²) in [4.78, 5) is 16.7. The first-order chi connectivity index (χ1) is 9.24. The molecule has 1 N–H and O–H groups in total. The van der Waals surface area contributed by atoms with Crippen LogP contribution >= 0.6 is 0 Å². The second-order valence-electron chi connectivity index (χ2n) is 6.66. The van der Waals surface area contributed by atoms with Gasteiger partial charge in [-0.25, -0.2) is 0 Å². The lowest BCUT2D eigenvalue weighted by atomic mass is 9.95. The number of rotatable bonds is 3. The molecule has 1 atom stereocenters. The van der Waals surface area contributed by atoms with Crippen molar-refractivity contribution >= 4 is 5.91 Å². The number of nitrogens with one attached hydrogen (secondary N) is 1. The number of hydrogen-bond donors (Lipinski definition) is 1. The highest BCUT2D eigenvalue weighted by Crippen LogP contribution is 2.32. The molecule has 1 aliphatic carbocycles. The maximum atomic E-state index is 12.1. The van der Waals surface area contributed by atoms with Crippen LogP contribution < -0.4 is 5.32 Å². The predicted octanol–water partition coefficient (Wildman–Crippen LogP) is 1.28. The molecule has 4 heteroatoms. The van der Waals surface area contributed by atoms with E-state index in [1.807, 2.05) is 0 Å². The van der Waals surface area contributed by atoms with E-state index < -0.39 is 0 Å². The summed E-state index contributed by atoms with van der Waals surface area (Å²) in [5.74, 6) is 1.75. The molecule has 2 heterocycles. The van der Waals surface area contributed by atoms with Gasteiger partial charge in [0.15, 0.2) is 0 Å². The summed E-state index contributed by atoms with van der Waals surface area (Å²) in [5, 5.41) is 3.46. The molecule has 3 aliphatic rings. The van der Waals surface area contributed by atoms with Gasteiger partial charge in [0, 0.05) is 6.54 Å². The third-order valence-electron chi connectivity index (χ3n) is 5.26. The Morgan fingerprint density at radius 3 is 2.53 bits per heavy atom. The number of hydrogen-bond acceptors (Lipinski definition) is 3. The van der Waals surface area contributed by atoms with Crippen LogP contribution in [0.4, 0.5) is 0 Å². The van der Waals surface area contributed by atoms with Gasteiger partial charge in [0.1, 0.15) is 0 Å². The molecule has 1 unspecified atom stereocenters. The lowest BCUT2D eigenvalue weighted by molar-refractivity contribution is -0.129. The van der Waals surface area contributed by atoms with E-state index in [0.717, 1.165) is 6.54 Å². The Labute approximate surface area is 116 Å². The highest BCUT2D eigenvalue weighted by atomic mass is 16.2. The van der Waals surface area contributed by atoms with Gasteiger partial charge in [-0.2, -0.15) is 0 Å². The van der Waals surface area contributed by atoms with E-state index >= 15 is 0 Å². The predicted molar refractivity (Wildman–Crippen MR) is 75.7 cm³/mol. The van der Waals surface area contributed by atoms with Crippen molar-refractivity contribution in [1.29, 1.82) is 0 Å². The van der Waals surface area contributed by atoms with Gasteiger partial charge < -0.3 is 9.80 Å². The summed E-state index contributed by atoms with van der Waals surface area (Å²) in [7, 11) is 2.19. The highest BCUT2D eigenvalue weighted by molar-refractivity contribution is 5.80.